The molecule has 0 aliphatic carbocycles. The molecule has 0 bridgehead atoms. The molecule has 2 nitrogen and oxygen atoms in total. The van der Waals surface area contributed by atoms with E-state index in [-0.39, 0.29) is 0 Å². The molecule has 0 spiro atoms. The first-order valence-electron chi connectivity index (χ1n) is 4.63. The van der Waals surface area contributed by atoms with E-state index >= 15 is 0 Å². The maximum absolute atomic E-state index is 3.22. The van der Waals surface area contributed by atoms with Gasteiger partial charge in [-0.05, 0) is 37.6 Å². The van der Waals surface area contributed by atoms with Gasteiger partial charge in [-0.25, -0.2) is 0 Å². The van der Waals surface area contributed by atoms with Crippen LogP contribution in [0.5, 0.6) is 0 Å². The van der Waals surface area contributed by atoms with Crippen LogP contribution in [0.15, 0.2) is 18.5 Å². The van der Waals surface area contributed by atoms with Crippen molar-refractivity contribution in [1.82, 2.24) is 10.3 Å². The first-order chi connectivity index (χ1) is 5.86. The van der Waals surface area contributed by atoms with Gasteiger partial charge in [-0.3, -0.25) is 0 Å². The molecule has 0 aliphatic heterocycles. The van der Waals surface area contributed by atoms with Crippen LogP contribution in [0, 0.1) is 5.92 Å². The lowest BCUT2D eigenvalue weighted by molar-refractivity contribution is 0.481. The Hall–Kier alpha value is -0.760. The van der Waals surface area contributed by atoms with Gasteiger partial charge in [-0.2, -0.15) is 0 Å². The SMILES string of the molecule is CCC(CNC)Cc1cc[nH]c1. The van der Waals surface area contributed by atoms with Crippen LogP contribution in [0.1, 0.15) is 18.9 Å². The Morgan fingerprint density at radius 1 is 1.58 bits per heavy atom. The lowest BCUT2D eigenvalue weighted by Gasteiger charge is -2.12. The Morgan fingerprint density at radius 2 is 2.42 bits per heavy atom. The zero-order valence-corrected chi connectivity index (χ0v) is 7.93. The van der Waals surface area contributed by atoms with Gasteiger partial charge in [0.25, 0.3) is 0 Å². The molecule has 68 valence electrons. The molecule has 1 heterocycles. The van der Waals surface area contributed by atoms with E-state index in [1.54, 1.807) is 0 Å². The van der Waals surface area contributed by atoms with Gasteiger partial charge in [-0.15, -0.1) is 0 Å². The molecule has 0 radical (unpaired) electrons. The zero-order chi connectivity index (χ0) is 8.81. The van der Waals surface area contributed by atoms with Crippen molar-refractivity contribution in [3.05, 3.63) is 24.0 Å². The lowest BCUT2D eigenvalue weighted by Crippen LogP contribution is -2.19. The van der Waals surface area contributed by atoms with E-state index in [9.17, 15) is 0 Å². The molecule has 12 heavy (non-hydrogen) atoms. The van der Waals surface area contributed by atoms with Crippen LogP contribution in [0.25, 0.3) is 0 Å². The summed E-state index contributed by atoms with van der Waals surface area (Å²) in [5.74, 6) is 0.769. The highest BCUT2D eigenvalue weighted by Crippen LogP contribution is 2.10. The third-order valence-electron chi connectivity index (χ3n) is 2.26. The fourth-order valence-corrected chi connectivity index (χ4v) is 1.47. The first-order valence-corrected chi connectivity index (χ1v) is 4.63. The minimum Gasteiger partial charge on any atom is -0.367 e. The normalized spacial score (nSPS) is 13.2. The van der Waals surface area contributed by atoms with Crippen LogP contribution in [-0.2, 0) is 6.42 Å². The van der Waals surface area contributed by atoms with Crippen LogP contribution in [0.2, 0.25) is 0 Å². The van der Waals surface area contributed by atoms with Crippen LogP contribution in [-0.4, -0.2) is 18.6 Å². The monoisotopic (exact) mass is 166 g/mol. The fourth-order valence-electron chi connectivity index (χ4n) is 1.47. The second-order valence-corrected chi connectivity index (χ2v) is 3.26. The van der Waals surface area contributed by atoms with E-state index in [0.29, 0.717) is 0 Å². The molecule has 0 aromatic carbocycles. The van der Waals surface area contributed by atoms with Crippen LogP contribution >= 0.6 is 0 Å². The van der Waals surface area contributed by atoms with Crippen molar-refractivity contribution in [2.24, 2.45) is 5.92 Å². The van der Waals surface area contributed by atoms with E-state index in [2.05, 4.69) is 29.5 Å². The third kappa shape index (κ3) is 2.70. The largest absolute Gasteiger partial charge is 0.367 e. The highest BCUT2D eigenvalue weighted by molar-refractivity contribution is 5.09. The number of nitrogens with one attached hydrogen (secondary N) is 2. The van der Waals surface area contributed by atoms with Gasteiger partial charge in [0.15, 0.2) is 0 Å². The van der Waals surface area contributed by atoms with E-state index in [4.69, 9.17) is 0 Å². The van der Waals surface area contributed by atoms with Crippen LogP contribution in [0.4, 0.5) is 0 Å². The third-order valence-corrected chi connectivity index (χ3v) is 2.26. The van der Waals surface area contributed by atoms with Gasteiger partial charge >= 0.3 is 0 Å². The number of rotatable bonds is 5. The van der Waals surface area contributed by atoms with Gasteiger partial charge in [0.1, 0.15) is 0 Å². The smallest absolute Gasteiger partial charge is 0.00374 e. The number of hydrogen-bond acceptors (Lipinski definition) is 1. The minimum atomic E-state index is 0.769. The van der Waals surface area contributed by atoms with Crippen LogP contribution < -0.4 is 5.32 Å². The standard InChI is InChI=1S/C10H18N2/c1-3-9(7-11-2)6-10-4-5-12-8-10/h4-5,8-9,11-12H,3,6-7H2,1-2H3. The summed E-state index contributed by atoms with van der Waals surface area (Å²) in [6.45, 7) is 3.36. The van der Waals surface area contributed by atoms with E-state index in [1.807, 2.05) is 13.2 Å². The van der Waals surface area contributed by atoms with Crippen molar-refractivity contribution in [2.75, 3.05) is 13.6 Å². The lowest BCUT2D eigenvalue weighted by atomic mass is 9.99. The van der Waals surface area contributed by atoms with Crippen molar-refractivity contribution in [2.45, 2.75) is 19.8 Å². The second kappa shape index (κ2) is 4.99. The predicted molar refractivity (Wildman–Crippen MR) is 52.2 cm³/mol. The predicted octanol–water partition coefficient (Wildman–Crippen LogP) is 1.80. The number of aromatic amines is 1. The minimum absolute atomic E-state index is 0.769. The summed E-state index contributed by atoms with van der Waals surface area (Å²) in [5, 5.41) is 3.22. The second-order valence-electron chi connectivity index (χ2n) is 3.26. The molecule has 1 rings (SSSR count). The highest BCUT2D eigenvalue weighted by atomic mass is 14.8. The highest BCUT2D eigenvalue weighted by Gasteiger charge is 2.05. The van der Waals surface area contributed by atoms with E-state index < -0.39 is 0 Å². The van der Waals surface area contributed by atoms with E-state index in [0.717, 1.165) is 12.5 Å². The average molecular weight is 166 g/mol. The van der Waals surface area contributed by atoms with Gasteiger partial charge in [-0.1, -0.05) is 13.3 Å². The molecule has 0 fully saturated rings. The Bertz CT molecular complexity index is 192. The van der Waals surface area contributed by atoms with Gasteiger partial charge in [0.2, 0.25) is 0 Å². The summed E-state index contributed by atoms with van der Waals surface area (Å²) in [7, 11) is 2.01. The maximum atomic E-state index is 3.22. The van der Waals surface area contributed by atoms with Crippen molar-refractivity contribution in [3.63, 3.8) is 0 Å². The summed E-state index contributed by atoms with van der Waals surface area (Å²) >= 11 is 0. The quantitative estimate of drug-likeness (QED) is 0.686. The van der Waals surface area contributed by atoms with Crippen LogP contribution in [0.3, 0.4) is 0 Å². The van der Waals surface area contributed by atoms with Gasteiger partial charge < -0.3 is 10.3 Å². The summed E-state index contributed by atoms with van der Waals surface area (Å²) < 4.78 is 0. The topological polar surface area (TPSA) is 27.8 Å². The molecule has 1 unspecified atom stereocenters. The van der Waals surface area contributed by atoms with Crippen molar-refractivity contribution < 1.29 is 0 Å². The molecule has 0 saturated heterocycles. The molecule has 1 aromatic rings. The molecule has 0 aliphatic rings. The Morgan fingerprint density at radius 3 is 2.92 bits per heavy atom. The summed E-state index contributed by atoms with van der Waals surface area (Å²) in [6.07, 6.45) is 6.49. The summed E-state index contributed by atoms with van der Waals surface area (Å²) in [5.41, 5.74) is 1.41. The molecule has 2 N–H and O–H groups in total. The Labute approximate surface area is 74.4 Å². The first kappa shape index (κ1) is 9.33. The summed E-state index contributed by atoms with van der Waals surface area (Å²) in [4.78, 5) is 3.08. The zero-order valence-electron chi connectivity index (χ0n) is 7.93. The fraction of sp³-hybridized carbons (Fsp3) is 0.600. The molecular weight excluding hydrogens is 148 g/mol. The van der Waals surface area contributed by atoms with Gasteiger partial charge in [0.05, 0.1) is 0 Å². The molecule has 2 heteroatoms. The number of H-pyrrole nitrogens is 1. The van der Waals surface area contributed by atoms with Crippen molar-refractivity contribution >= 4 is 0 Å². The van der Waals surface area contributed by atoms with Crippen molar-refractivity contribution in [1.29, 1.82) is 0 Å². The molecule has 1 aromatic heterocycles. The maximum Gasteiger partial charge on any atom is 0.00374 e. The van der Waals surface area contributed by atoms with E-state index in [1.165, 1.54) is 18.4 Å². The average Bonchev–Trinajstić information content (AvgIpc) is 2.56. The molecular formula is C10H18N2. The molecule has 0 saturated carbocycles. The number of hydrogen-bond donors (Lipinski definition) is 2. The summed E-state index contributed by atoms with van der Waals surface area (Å²) in [6, 6.07) is 2.15. The molecule has 1 atom stereocenters. The number of aromatic nitrogens is 1. The van der Waals surface area contributed by atoms with Crippen molar-refractivity contribution in [3.8, 4) is 0 Å². The van der Waals surface area contributed by atoms with Gasteiger partial charge in [0, 0.05) is 12.4 Å². The Kier molecular flexibility index (Phi) is 3.88. The Balaban J connectivity index is 2.37. The molecule has 0 amide bonds.